The summed E-state index contributed by atoms with van der Waals surface area (Å²) in [6.07, 6.45) is 1.34. The number of rotatable bonds is 8. The molecule has 1 N–H and O–H groups in total. The van der Waals surface area contributed by atoms with Crippen LogP contribution in [-0.4, -0.2) is 47.9 Å². The summed E-state index contributed by atoms with van der Waals surface area (Å²) in [6.45, 7) is 11.1. The van der Waals surface area contributed by atoms with Crippen molar-refractivity contribution in [2.24, 2.45) is 0 Å². The van der Waals surface area contributed by atoms with Gasteiger partial charge in [-0.25, -0.2) is 4.79 Å². The fraction of sp³-hybridized carbons (Fsp3) is 0.450. The summed E-state index contributed by atoms with van der Waals surface area (Å²) in [4.78, 5) is 37.9. The number of hydrogen-bond acceptors (Lipinski definition) is 4. The van der Waals surface area contributed by atoms with Gasteiger partial charge in [-0.05, 0) is 26.3 Å². The number of hydrogen-bond donors (Lipinski definition) is 1. The Balaban J connectivity index is 2.70. The van der Waals surface area contributed by atoms with Crippen molar-refractivity contribution in [3.63, 3.8) is 0 Å². The number of alkyl carbamates (subject to hydrolysis) is 1. The standard InChI is InChI=1S/C20H28N2O4/c1-6-15-10-8-9-11-16(15)17(23)14-22(18(24)7-2)13-12-21-19(25)26-20(3,4)5/h6,8-11H,1,7,12-14H2,2-5H3,(H,21,25). The summed E-state index contributed by atoms with van der Waals surface area (Å²) < 4.78 is 5.16. The molecule has 0 bridgehead atoms. The number of Topliss-reactive ketones (excluding diaryl/α,β-unsaturated/α-hetero) is 1. The molecule has 0 aliphatic rings. The molecule has 2 amide bonds. The van der Waals surface area contributed by atoms with Crippen molar-refractivity contribution in [3.8, 4) is 0 Å². The van der Waals surface area contributed by atoms with Crippen LogP contribution in [0.4, 0.5) is 4.79 Å². The number of carbonyl (C=O) groups excluding carboxylic acids is 3. The van der Waals surface area contributed by atoms with Crippen LogP contribution in [0.5, 0.6) is 0 Å². The number of amides is 2. The highest BCUT2D eigenvalue weighted by atomic mass is 16.6. The summed E-state index contributed by atoms with van der Waals surface area (Å²) in [7, 11) is 0. The van der Waals surface area contributed by atoms with Crippen molar-refractivity contribution < 1.29 is 19.1 Å². The highest BCUT2D eigenvalue weighted by Gasteiger charge is 2.19. The van der Waals surface area contributed by atoms with E-state index in [0.717, 1.165) is 5.56 Å². The van der Waals surface area contributed by atoms with E-state index in [2.05, 4.69) is 11.9 Å². The van der Waals surface area contributed by atoms with Crippen LogP contribution < -0.4 is 5.32 Å². The van der Waals surface area contributed by atoms with Crippen molar-refractivity contribution in [2.45, 2.75) is 39.7 Å². The van der Waals surface area contributed by atoms with E-state index < -0.39 is 11.7 Å². The Labute approximate surface area is 155 Å². The van der Waals surface area contributed by atoms with Crippen LogP contribution in [0.2, 0.25) is 0 Å². The van der Waals surface area contributed by atoms with Gasteiger partial charge in [0.1, 0.15) is 5.60 Å². The lowest BCUT2D eigenvalue weighted by molar-refractivity contribution is -0.130. The maximum Gasteiger partial charge on any atom is 0.407 e. The molecule has 0 aliphatic carbocycles. The number of carbonyl (C=O) groups is 3. The van der Waals surface area contributed by atoms with Gasteiger partial charge in [-0.2, -0.15) is 0 Å². The average molecular weight is 360 g/mol. The minimum Gasteiger partial charge on any atom is -0.444 e. The number of nitrogens with zero attached hydrogens (tertiary/aromatic N) is 1. The van der Waals surface area contributed by atoms with Gasteiger partial charge in [-0.3, -0.25) is 9.59 Å². The molecule has 0 atom stereocenters. The van der Waals surface area contributed by atoms with Crippen molar-refractivity contribution in [1.82, 2.24) is 10.2 Å². The molecule has 0 radical (unpaired) electrons. The van der Waals surface area contributed by atoms with Gasteiger partial charge in [0.15, 0.2) is 5.78 Å². The molecule has 0 spiro atoms. The van der Waals surface area contributed by atoms with E-state index in [1.807, 2.05) is 6.07 Å². The third-order valence-electron chi connectivity index (χ3n) is 3.52. The van der Waals surface area contributed by atoms with Gasteiger partial charge in [0.2, 0.25) is 5.91 Å². The van der Waals surface area contributed by atoms with E-state index in [1.54, 1.807) is 52.0 Å². The van der Waals surface area contributed by atoms with E-state index in [0.29, 0.717) is 5.56 Å². The van der Waals surface area contributed by atoms with Gasteiger partial charge in [0, 0.05) is 25.1 Å². The van der Waals surface area contributed by atoms with Crippen molar-refractivity contribution in [1.29, 1.82) is 0 Å². The molecule has 0 aliphatic heterocycles. The Morgan fingerprint density at radius 1 is 1.23 bits per heavy atom. The van der Waals surface area contributed by atoms with E-state index >= 15 is 0 Å². The van der Waals surface area contributed by atoms with Gasteiger partial charge in [-0.15, -0.1) is 0 Å². The van der Waals surface area contributed by atoms with Crippen LogP contribution in [0, 0.1) is 0 Å². The molecule has 0 unspecified atom stereocenters. The van der Waals surface area contributed by atoms with Gasteiger partial charge >= 0.3 is 6.09 Å². The highest BCUT2D eigenvalue weighted by Crippen LogP contribution is 2.12. The fourth-order valence-corrected chi connectivity index (χ4v) is 2.31. The lowest BCUT2D eigenvalue weighted by Crippen LogP contribution is -2.42. The SMILES string of the molecule is C=Cc1ccccc1C(=O)CN(CCNC(=O)OC(C)(C)C)C(=O)CC. The van der Waals surface area contributed by atoms with Crippen LogP contribution in [0.3, 0.4) is 0 Å². The summed E-state index contributed by atoms with van der Waals surface area (Å²) in [5, 5.41) is 2.60. The molecule has 142 valence electrons. The maximum absolute atomic E-state index is 12.6. The molecular formula is C20H28N2O4. The summed E-state index contributed by atoms with van der Waals surface area (Å²) in [6, 6.07) is 7.12. The van der Waals surface area contributed by atoms with Crippen LogP contribution >= 0.6 is 0 Å². The first kappa shape index (κ1) is 21.4. The zero-order chi connectivity index (χ0) is 19.7. The third-order valence-corrected chi connectivity index (χ3v) is 3.52. The molecule has 1 aromatic carbocycles. The number of nitrogens with one attached hydrogen (secondary N) is 1. The fourth-order valence-electron chi connectivity index (χ4n) is 2.31. The van der Waals surface area contributed by atoms with Gasteiger partial charge in [-0.1, -0.05) is 43.8 Å². The predicted molar refractivity (Wildman–Crippen MR) is 102 cm³/mol. The second kappa shape index (κ2) is 9.75. The maximum atomic E-state index is 12.6. The normalized spacial score (nSPS) is 10.8. The number of ketones is 1. The first-order chi connectivity index (χ1) is 12.2. The van der Waals surface area contributed by atoms with Gasteiger partial charge in [0.05, 0.1) is 6.54 Å². The molecule has 0 fully saturated rings. The average Bonchev–Trinajstić information content (AvgIpc) is 2.58. The largest absolute Gasteiger partial charge is 0.444 e. The van der Waals surface area contributed by atoms with Crippen LogP contribution in [0.1, 0.15) is 50.0 Å². The number of benzene rings is 1. The lowest BCUT2D eigenvalue weighted by Gasteiger charge is -2.23. The number of ether oxygens (including phenoxy) is 1. The predicted octanol–water partition coefficient (Wildman–Crippen LogP) is 3.28. The smallest absolute Gasteiger partial charge is 0.407 e. The molecule has 1 aromatic rings. The third kappa shape index (κ3) is 7.09. The molecular weight excluding hydrogens is 332 g/mol. The molecule has 6 nitrogen and oxygen atoms in total. The first-order valence-corrected chi connectivity index (χ1v) is 8.67. The quantitative estimate of drug-likeness (QED) is 0.722. The van der Waals surface area contributed by atoms with Crippen molar-refractivity contribution in [2.75, 3.05) is 19.6 Å². The van der Waals surface area contributed by atoms with E-state index in [4.69, 9.17) is 4.74 Å². The highest BCUT2D eigenvalue weighted by molar-refractivity contribution is 6.02. The van der Waals surface area contributed by atoms with Gasteiger partial charge in [0.25, 0.3) is 0 Å². The Bertz CT molecular complexity index is 662. The lowest BCUT2D eigenvalue weighted by atomic mass is 10.0. The second-order valence-corrected chi connectivity index (χ2v) is 6.81. The van der Waals surface area contributed by atoms with E-state index in [-0.39, 0.29) is 37.7 Å². The van der Waals surface area contributed by atoms with Crippen molar-refractivity contribution >= 4 is 23.9 Å². The van der Waals surface area contributed by atoms with Crippen LogP contribution in [-0.2, 0) is 9.53 Å². The molecule has 0 saturated heterocycles. The van der Waals surface area contributed by atoms with E-state index in [1.165, 1.54) is 4.90 Å². The summed E-state index contributed by atoms with van der Waals surface area (Å²) >= 11 is 0. The topological polar surface area (TPSA) is 75.7 Å². The van der Waals surface area contributed by atoms with E-state index in [9.17, 15) is 14.4 Å². The molecule has 0 aromatic heterocycles. The zero-order valence-electron chi connectivity index (χ0n) is 16.0. The first-order valence-electron chi connectivity index (χ1n) is 8.67. The molecule has 26 heavy (non-hydrogen) atoms. The zero-order valence-corrected chi connectivity index (χ0v) is 16.0. The Kier molecular flexibility index (Phi) is 8.03. The minimum atomic E-state index is -0.590. The Hall–Kier alpha value is -2.63. The van der Waals surface area contributed by atoms with Crippen LogP contribution in [0.25, 0.3) is 6.08 Å². The summed E-state index contributed by atoms with van der Waals surface area (Å²) in [5.41, 5.74) is 0.665. The minimum absolute atomic E-state index is 0.0481. The van der Waals surface area contributed by atoms with Crippen molar-refractivity contribution in [3.05, 3.63) is 42.0 Å². The molecule has 0 heterocycles. The monoisotopic (exact) mass is 360 g/mol. The Morgan fingerprint density at radius 2 is 1.88 bits per heavy atom. The second-order valence-electron chi connectivity index (χ2n) is 6.81. The molecule has 0 saturated carbocycles. The molecule has 1 rings (SSSR count). The van der Waals surface area contributed by atoms with Crippen LogP contribution in [0.15, 0.2) is 30.8 Å². The Morgan fingerprint density at radius 3 is 2.46 bits per heavy atom. The molecule has 6 heteroatoms. The van der Waals surface area contributed by atoms with Gasteiger partial charge < -0.3 is 15.0 Å². The summed E-state index contributed by atoms with van der Waals surface area (Å²) in [5.74, 6) is -0.319.